The molecule has 0 saturated carbocycles. The number of nitrogens with one attached hydrogen (secondary N) is 2. The van der Waals surface area contributed by atoms with E-state index in [4.69, 9.17) is 4.74 Å². The summed E-state index contributed by atoms with van der Waals surface area (Å²) >= 11 is 0. The van der Waals surface area contributed by atoms with Crippen molar-refractivity contribution in [3.05, 3.63) is 65.2 Å². The molecule has 0 amide bonds. The SMILES string of the molecule is COc1ccc(C[NH+]2CC[NH+](Cc3ccccc3C(F)(F)F)CC2)cc1. The van der Waals surface area contributed by atoms with Crippen LogP contribution in [0.4, 0.5) is 13.2 Å². The Kier molecular flexibility index (Phi) is 5.84. The van der Waals surface area contributed by atoms with Gasteiger partial charge in [0.2, 0.25) is 0 Å². The highest BCUT2D eigenvalue weighted by atomic mass is 19.4. The molecule has 0 radical (unpaired) electrons. The molecule has 1 saturated heterocycles. The first-order chi connectivity index (χ1) is 12.5. The van der Waals surface area contributed by atoms with Crippen molar-refractivity contribution in [2.75, 3.05) is 33.3 Å². The smallest absolute Gasteiger partial charge is 0.416 e. The van der Waals surface area contributed by atoms with Crippen LogP contribution >= 0.6 is 0 Å². The van der Waals surface area contributed by atoms with E-state index in [1.54, 1.807) is 19.2 Å². The first kappa shape index (κ1) is 18.7. The van der Waals surface area contributed by atoms with E-state index in [0.717, 1.165) is 38.5 Å². The monoisotopic (exact) mass is 366 g/mol. The zero-order valence-corrected chi connectivity index (χ0v) is 14.9. The number of methoxy groups -OCH3 is 1. The highest BCUT2D eigenvalue weighted by Crippen LogP contribution is 2.31. The molecule has 2 aromatic carbocycles. The predicted molar refractivity (Wildman–Crippen MR) is 93.2 cm³/mol. The average Bonchev–Trinajstić information content (AvgIpc) is 2.63. The molecule has 140 valence electrons. The van der Waals surface area contributed by atoms with Gasteiger partial charge in [-0.1, -0.05) is 18.2 Å². The third kappa shape index (κ3) is 4.77. The number of benzene rings is 2. The normalized spacial score (nSPS) is 20.8. The second-order valence-corrected chi connectivity index (χ2v) is 6.86. The summed E-state index contributed by atoms with van der Waals surface area (Å²) in [6, 6.07) is 14.0. The number of rotatable bonds is 5. The van der Waals surface area contributed by atoms with Gasteiger partial charge in [-0.25, -0.2) is 0 Å². The minimum Gasteiger partial charge on any atom is -0.497 e. The molecule has 1 aliphatic rings. The molecular formula is C20H25F3N2O+2. The Morgan fingerprint density at radius 3 is 2.00 bits per heavy atom. The second kappa shape index (κ2) is 8.10. The van der Waals surface area contributed by atoms with E-state index in [2.05, 4.69) is 12.1 Å². The Balaban J connectivity index is 1.54. The van der Waals surface area contributed by atoms with Crippen LogP contribution in [0.2, 0.25) is 0 Å². The van der Waals surface area contributed by atoms with Gasteiger partial charge in [0.1, 0.15) is 45.0 Å². The van der Waals surface area contributed by atoms with Crippen molar-refractivity contribution in [3.63, 3.8) is 0 Å². The van der Waals surface area contributed by atoms with E-state index in [1.807, 2.05) is 12.1 Å². The number of halogens is 3. The summed E-state index contributed by atoms with van der Waals surface area (Å²) in [4.78, 5) is 2.70. The van der Waals surface area contributed by atoms with Crippen molar-refractivity contribution in [2.45, 2.75) is 19.3 Å². The fraction of sp³-hybridized carbons (Fsp3) is 0.400. The average molecular weight is 366 g/mol. The van der Waals surface area contributed by atoms with Crippen LogP contribution in [0.25, 0.3) is 0 Å². The number of quaternary nitrogens is 2. The minimum absolute atomic E-state index is 0.397. The van der Waals surface area contributed by atoms with Crippen molar-refractivity contribution in [1.29, 1.82) is 0 Å². The van der Waals surface area contributed by atoms with Crippen LogP contribution in [-0.4, -0.2) is 33.3 Å². The molecule has 0 bridgehead atoms. The highest BCUT2D eigenvalue weighted by Gasteiger charge is 2.34. The molecule has 1 heterocycles. The highest BCUT2D eigenvalue weighted by molar-refractivity contribution is 5.29. The summed E-state index contributed by atoms with van der Waals surface area (Å²) in [5.74, 6) is 0.848. The van der Waals surface area contributed by atoms with E-state index in [1.165, 1.54) is 27.5 Å². The predicted octanol–water partition coefficient (Wildman–Crippen LogP) is 1.20. The Morgan fingerprint density at radius 2 is 1.42 bits per heavy atom. The number of ether oxygens (including phenoxy) is 1. The molecule has 3 nitrogen and oxygen atoms in total. The van der Waals surface area contributed by atoms with Crippen LogP contribution in [0.3, 0.4) is 0 Å². The van der Waals surface area contributed by atoms with Gasteiger partial charge in [-0.05, 0) is 30.3 Å². The Bertz CT molecular complexity index is 708. The van der Waals surface area contributed by atoms with Gasteiger partial charge in [-0.15, -0.1) is 0 Å². The first-order valence-corrected chi connectivity index (χ1v) is 8.91. The van der Waals surface area contributed by atoms with Gasteiger partial charge in [-0.2, -0.15) is 13.2 Å². The Hall–Kier alpha value is -2.05. The zero-order chi connectivity index (χ0) is 18.6. The number of hydrogen-bond acceptors (Lipinski definition) is 1. The lowest BCUT2D eigenvalue weighted by atomic mass is 10.1. The fourth-order valence-corrected chi connectivity index (χ4v) is 3.56. The molecule has 6 heteroatoms. The minimum atomic E-state index is -4.28. The van der Waals surface area contributed by atoms with E-state index < -0.39 is 11.7 Å². The van der Waals surface area contributed by atoms with E-state index in [-0.39, 0.29) is 0 Å². The number of alkyl halides is 3. The summed E-state index contributed by atoms with van der Waals surface area (Å²) in [5, 5.41) is 0. The fourth-order valence-electron chi connectivity index (χ4n) is 3.56. The van der Waals surface area contributed by atoms with Crippen LogP contribution < -0.4 is 14.5 Å². The van der Waals surface area contributed by atoms with Gasteiger partial charge in [-0.3, -0.25) is 0 Å². The molecule has 0 unspecified atom stereocenters. The van der Waals surface area contributed by atoms with Gasteiger partial charge in [0.25, 0.3) is 0 Å². The van der Waals surface area contributed by atoms with Gasteiger partial charge < -0.3 is 14.5 Å². The summed E-state index contributed by atoms with van der Waals surface area (Å²) in [7, 11) is 1.65. The lowest BCUT2D eigenvalue weighted by molar-refractivity contribution is -1.02. The standard InChI is InChI=1S/C20H23F3N2O/c1-26-18-8-6-16(7-9-18)14-24-10-12-25(13-11-24)15-17-4-2-3-5-19(17)20(21,22)23/h2-9H,10-15H2,1H3/p+2. The summed E-state index contributed by atoms with van der Waals surface area (Å²) in [6.07, 6.45) is -4.28. The lowest BCUT2D eigenvalue weighted by Crippen LogP contribution is -3.27. The summed E-state index contributed by atoms with van der Waals surface area (Å²) in [6.45, 7) is 5.09. The summed E-state index contributed by atoms with van der Waals surface area (Å²) < 4.78 is 44.6. The van der Waals surface area contributed by atoms with Gasteiger partial charge in [0.05, 0.1) is 12.7 Å². The second-order valence-electron chi connectivity index (χ2n) is 6.86. The molecule has 0 aromatic heterocycles. The maximum atomic E-state index is 13.1. The van der Waals surface area contributed by atoms with Crippen LogP contribution in [-0.2, 0) is 19.3 Å². The molecule has 0 atom stereocenters. The zero-order valence-electron chi connectivity index (χ0n) is 14.9. The number of piperazine rings is 1. The van der Waals surface area contributed by atoms with E-state index in [9.17, 15) is 13.2 Å². The largest absolute Gasteiger partial charge is 0.497 e. The number of hydrogen-bond donors (Lipinski definition) is 2. The van der Waals surface area contributed by atoms with E-state index in [0.29, 0.717) is 12.1 Å². The lowest BCUT2D eigenvalue weighted by Gasteiger charge is -2.30. The van der Waals surface area contributed by atoms with Crippen molar-refractivity contribution >= 4 is 0 Å². The molecule has 3 rings (SSSR count). The molecule has 1 aliphatic heterocycles. The van der Waals surface area contributed by atoms with Crippen LogP contribution in [0.1, 0.15) is 16.7 Å². The van der Waals surface area contributed by atoms with E-state index >= 15 is 0 Å². The van der Waals surface area contributed by atoms with Gasteiger partial charge in [0.15, 0.2) is 0 Å². The van der Waals surface area contributed by atoms with Crippen LogP contribution in [0.5, 0.6) is 5.75 Å². The quantitative estimate of drug-likeness (QED) is 0.814. The Labute approximate surface area is 152 Å². The molecule has 2 N–H and O–H groups in total. The van der Waals surface area contributed by atoms with Gasteiger partial charge in [0, 0.05) is 11.1 Å². The maximum absolute atomic E-state index is 13.1. The van der Waals surface area contributed by atoms with Crippen molar-refractivity contribution in [1.82, 2.24) is 0 Å². The molecule has 1 fully saturated rings. The van der Waals surface area contributed by atoms with Crippen LogP contribution in [0.15, 0.2) is 48.5 Å². The molecule has 26 heavy (non-hydrogen) atoms. The Morgan fingerprint density at radius 1 is 0.846 bits per heavy atom. The molecule has 0 aliphatic carbocycles. The molecular weight excluding hydrogens is 341 g/mol. The molecule has 0 spiro atoms. The van der Waals surface area contributed by atoms with Gasteiger partial charge >= 0.3 is 6.18 Å². The third-order valence-corrected chi connectivity index (χ3v) is 5.04. The van der Waals surface area contributed by atoms with Crippen molar-refractivity contribution < 1.29 is 27.7 Å². The summed E-state index contributed by atoms with van der Waals surface area (Å²) in [5.41, 5.74) is 1.15. The first-order valence-electron chi connectivity index (χ1n) is 8.91. The molecule has 2 aromatic rings. The van der Waals surface area contributed by atoms with Crippen molar-refractivity contribution in [2.24, 2.45) is 0 Å². The maximum Gasteiger partial charge on any atom is 0.416 e. The topological polar surface area (TPSA) is 18.1 Å². The third-order valence-electron chi connectivity index (χ3n) is 5.04. The van der Waals surface area contributed by atoms with Crippen LogP contribution in [0, 0.1) is 0 Å². The van der Waals surface area contributed by atoms with Crippen molar-refractivity contribution in [3.8, 4) is 5.75 Å².